The molecule has 0 saturated carbocycles. The van der Waals surface area contributed by atoms with Crippen molar-refractivity contribution in [2.45, 2.75) is 26.7 Å². The van der Waals surface area contributed by atoms with Crippen molar-refractivity contribution in [1.82, 2.24) is 9.97 Å². The third kappa shape index (κ3) is 5.20. The predicted octanol–water partition coefficient (Wildman–Crippen LogP) is 3.15. The Balaban J connectivity index is 2.12. The molecule has 0 amide bonds. The Kier molecular flexibility index (Phi) is 7.44. The summed E-state index contributed by atoms with van der Waals surface area (Å²) in [6.45, 7) is 4.10. The highest BCUT2D eigenvalue weighted by molar-refractivity contribution is 6.37. The van der Waals surface area contributed by atoms with Gasteiger partial charge in [-0.2, -0.15) is 5.10 Å². The summed E-state index contributed by atoms with van der Waals surface area (Å²) in [5.41, 5.74) is 3.98. The molecule has 0 aliphatic carbocycles. The third-order valence-electron chi connectivity index (χ3n) is 3.44. The molecule has 0 saturated heterocycles. The molecule has 0 atom stereocenters. The van der Waals surface area contributed by atoms with Crippen LogP contribution in [0.4, 0.5) is 5.95 Å². The Hall–Kier alpha value is -2.09. The number of nitrogens with one attached hydrogen (secondary N) is 2. The smallest absolute Gasteiger partial charge is 0.255 e. The quantitative estimate of drug-likeness (QED) is 0.468. The van der Waals surface area contributed by atoms with Gasteiger partial charge in [-0.25, -0.2) is 10.4 Å². The first-order valence-electron chi connectivity index (χ1n) is 8.07. The van der Waals surface area contributed by atoms with Gasteiger partial charge in [0.15, 0.2) is 5.75 Å². The Morgan fingerprint density at radius 2 is 2.08 bits per heavy atom. The van der Waals surface area contributed by atoms with E-state index < -0.39 is 0 Å². The Morgan fingerprint density at radius 1 is 1.38 bits per heavy atom. The normalized spacial score (nSPS) is 11.1. The lowest BCUT2D eigenvalue weighted by molar-refractivity contribution is 0.298. The van der Waals surface area contributed by atoms with Crippen molar-refractivity contribution in [3.05, 3.63) is 49.4 Å². The molecule has 0 aliphatic rings. The second-order valence-corrected chi connectivity index (χ2v) is 6.30. The Bertz CT molecular complexity index is 829. The Morgan fingerprint density at radius 3 is 2.65 bits per heavy atom. The number of halogens is 2. The fourth-order valence-electron chi connectivity index (χ4n) is 2.23. The minimum Gasteiger partial charge on any atom is -0.490 e. The molecule has 7 nitrogen and oxygen atoms in total. The van der Waals surface area contributed by atoms with Gasteiger partial charge in [0.2, 0.25) is 5.95 Å². The molecule has 2 rings (SSSR count). The van der Waals surface area contributed by atoms with Crippen LogP contribution in [0.5, 0.6) is 5.75 Å². The summed E-state index contributed by atoms with van der Waals surface area (Å²) in [5.74, 6) is 0.645. The molecule has 1 aromatic carbocycles. The number of hydrazone groups is 1. The lowest BCUT2D eigenvalue weighted by Crippen LogP contribution is -2.19. The monoisotopic (exact) mass is 398 g/mol. The lowest BCUT2D eigenvalue weighted by Gasteiger charge is -2.09. The molecule has 3 N–H and O–H groups in total. The molecule has 0 aliphatic heterocycles. The second-order valence-electron chi connectivity index (χ2n) is 5.48. The number of anilines is 1. The van der Waals surface area contributed by atoms with Crippen LogP contribution in [0.2, 0.25) is 10.0 Å². The number of hydrogen-bond acceptors (Lipinski definition) is 6. The molecule has 9 heteroatoms. The molecule has 0 unspecified atom stereocenters. The first-order chi connectivity index (χ1) is 12.5. The zero-order valence-electron chi connectivity index (χ0n) is 14.5. The van der Waals surface area contributed by atoms with E-state index in [1.807, 2.05) is 6.92 Å². The number of benzene rings is 1. The van der Waals surface area contributed by atoms with E-state index in [0.717, 1.165) is 6.42 Å². The van der Waals surface area contributed by atoms with Crippen molar-refractivity contribution in [2.75, 3.05) is 18.6 Å². The van der Waals surface area contributed by atoms with Crippen LogP contribution in [-0.4, -0.2) is 34.5 Å². The van der Waals surface area contributed by atoms with Crippen LogP contribution in [0.15, 0.2) is 22.0 Å². The number of H-pyrrole nitrogens is 1. The van der Waals surface area contributed by atoms with E-state index in [1.54, 1.807) is 19.1 Å². The molecular weight excluding hydrogens is 379 g/mol. The number of aryl methyl sites for hydroxylation is 1. The first kappa shape index (κ1) is 20.2. The predicted molar refractivity (Wildman–Crippen MR) is 104 cm³/mol. The summed E-state index contributed by atoms with van der Waals surface area (Å²) < 4.78 is 5.51. The van der Waals surface area contributed by atoms with Crippen LogP contribution in [0.25, 0.3) is 0 Å². The summed E-state index contributed by atoms with van der Waals surface area (Å²) in [6, 6.07) is 3.35. The molecule has 0 fully saturated rings. The van der Waals surface area contributed by atoms with E-state index in [9.17, 15) is 4.79 Å². The third-order valence-corrected chi connectivity index (χ3v) is 4.00. The van der Waals surface area contributed by atoms with E-state index in [4.69, 9.17) is 33.0 Å². The highest BCUT2D eigenvalue weighted by Crippen LogP contribution is 2.33. The molecule has 1 heterocycles. The van der Waals surface area contributed by atoms with Gasteiger partial charge < -0.3 is 9.84 Å². The van der Waals surface area contributed by atoms with Crippen LogP contribution in [0.1, 0.15) is 30.2 Å². The maximum atomic E-state index is 11.9. The van der Waals surface area contributed by atoms with Crippen molar-refractivity contribution in [2.24, 2.45) is 5.10 Å². The van der Waals surface area contributed by atoms with E-state index in [0.29, 0.717) is 39.2 Å². The summed E-state index contributed by atoms with van der Waals surface area (Å²) in [4.78, 5) is 18.7. The van der Waals surface area contributed by atoms with Crippen molar-refractivity contribution in [3.63, 3.8) is 0 Å². The van der Waals surface area contributed by atoms with Gasteiger partial charge in [0.25, 0.3) is 5.56 Å². The number of nitrogens with zero attached hydrogens (tertiary/aromatic N) is 2. The van der Waals surface area contributed by atoms with E-state index >= 15 is 0 Å². The molecule has 0 bridgehead atoms. The van der Waals surface area contributed by atoms with Crippen molar-refractivity contribution in [3.8, 4) is 5.75 Å². The highest BCUT2D eigenvalue weighted by atomic mass is 35.5. The molecular formula is C17H20Cl2N4O3. The van der Waals surface area contributed by atoms with Crippen LogP contribution < -0.4 is 15.7 Å². The largest absolute Gasteiger partial charge is 0.490 e. The lowest BCUT2D eigenvalue weighted by atomic mass is 10.2. The summed E-state index contributed by atoms with van der Waals surface area (Å²) in [5, 5.41) is 13.8. The summed E-state index contributed by atoms with van der Waals surface area (Å²) >= 11 is 12.4. The van der Waals surface area contributed by atoms with E-state index in [2.05, 4.69) is 20.5 Å². The van der Waals surface area contributed by atoms with Crippen LogP contribution in [0, 0.1) is 6.92 Å². The number of aromatic amines is 1. The van der Waals surface area contributed by atoms with Gasteiger partial charge in [0.05, 0.1) is 28.6 Å². The topological polar surface area (TPSA) is 99.6 Å². The average Bonchev–Trinajstić information content (AvgIpc) is 2.57. The number of rotatable bonds is 8. The van der Waals surface area contributed by atoms with Gasteiger partial charge in [-0.05, 0) is 31.0 Å². The zero-order chi connectivity index (χ0) is 19.1. The van der Waals surface area contributed by atoms with Crippen molar-refractivity contribution < 1.29 is 9.84 Å². The van der Waals surface area contributed by atoms with Crippen molar-refractivity contribution in [1.29, 1.82) is 0 Å². The highest BCUT2D eigenvalue weighted by Gasteiger charge is 2.09. The van der Waals surface area contributed by atoms with E-state index in [1.165, 1.54) is 6.21 Å². The fourth-order valence-corrected chi connectivity index (χ4v) is 2.85. The summed E-state index contributed by atoms with van der Waals surface area (Å²) in [7, 11) is 0. The van der Waals surface area contributed by atoms with Gasteiger partial charge >= 0.3 is 0 Å². The fraction of sp³-hybridized carbons (Fsp3) is 0.353. The number of hydrogen-bond donors (Lipinski definition) is 3. The van der Waals surface area contributed by atoms with Crippen LogP contribution in [0.3, 0.4) is 0 Å². The van der Waals surface area contributed by atoms with Crippen LogP contribution in [-0.2, 0) is 6.42 Å². The average molecular weight is 399 g/mol. The molecule has 0 radical (unpaired) electrons. The minimum absolute atomic E-state index is 0.115. The number of aliphatic hydroxyl groups excluding tert-OH is 1. The number of aliphatic hydroxyl groups is 1. The van der Waals surface area contributed by atoms with Gasteiger partial charge in [-0.3, -0.25) is 9.78 Å². The molecule has 140 valence electrons. The van der Waals surface area contributed by atoms with Crippen molar-refractivity contribution >= 4 is 35.4 Å². The SMILES string of the molecule is CCCOc1c(Cl)cc(/C=N\Nc2nc(C)c(CCO)c(=O)[nH]2)cc1Cl. The summed E-state index contributed by atoms with van der Waals surface area (Å²) in [6.07, 6.45) is 2.60. The molecule has 2 aromatic rings. The van der Waals surface area contributed by atoms with Gasteiger partial charge in [-0.15, -0.1) is 0 Å². The molecule has 0 spiro atoms. The second kappa shape index (κ2) is 9.56. The molecule has 26 heavy (non-hydrogen) atoms. The number of ether oxygens (including phenoxy) is 1. The maximum absolute atomic E-state index is 11.9. The van der Waals surface area contributed by atoms with Gasteiger partial charge in [0, 0.05) is 18.6 Å². The van der Waals surface area contributed by atoms with Crippen LogP contribution >= 0.6 is 23.2 Å². The zero-order valence-corrected chi connectivity index (χ0v) is 16.0. The van der Waals surface area contributed by atoms with Gasteiger partial charge in [-0.1, -0.05) is 30.1 Å². The van der Waals surface area contributed by atoms with E-state index in [-0.39, 0.29) is 24.5 Å². The minimum atomic E-state index is -0.312. The van der Waals surface area contributed by atoms with Gasteiger partial charge in [0.1, 0.15) is 0 Å². The molecule has 1 aromatic heterocycles. The Labute approximate surface area is 161 Å². The standard InChI is InChI=1S/C17H20Cl2N4O3/c1-3-6-26-15-13(18)7-11(8-14(15)19)9-20-23-17-21-10(2)12(4-5-24)16(25)22-17/h7-9,24H,3-6H2,1-2H3,(H2,21,22,23,25)/b20-9-. The number of aromatic nitrogens is 2. The first-order valence-corrected chi connectivity index (χ1v) is 8.83. The maximum Gasteiger partial charge on any atom is 0.255 e.